The lowest BCUT2D eigenvalue weighted by Crippen LogP contribution is -2.48. The number of anilines is 3. The highest BCUT2D eigenvalue weighted by Gasteiger charge is 2.26. The molecule has 180 valence electrons. The van der Waals surface area contributed by atoms with E-state index in [1.807, 2.05) is 41.3 Å². The summed E-state index contributed by atoms with van der Waals surface area (Å²) in [6, 6.07) is 16.8. The van der Waals surface area contributed by atoms with E-state index in [4.69, 9.17) is 4.98 Å². The van der Waals surface area contributed by atoms with Crippen molar-refractivity contribution in [2.24, 2.45) is 0 Å². The Balaban J connectivity index is 1.18. The van der Waals surface area contributed by atoms with Crippen molar-refractivity contribution in [2.45, 2.75) is 18.9 Å². The third-order valence-corrected chi connectivity index (χ3v) is 8.23. The van der Waals surface area contributed by atoms with Crippen LogP contribution in [0.5, 0.6) is 0 Å². The van der Waals surface area contributed by atoms with Gasteiger partial charge >= 0.3 is 0 Å². The Bertz CT molecular complexity index is 1480. The van der Waals surface area contributed by atoms with Gasteiger partial charge in [0.05, 0.1) is 23.9 Å². The van der Waals surface area contributed by atoms with E-state index in [0.29, 0.717) is 32.1 Å². The second kappa shape index (κ2) is 8.62. The highest BCUT2D eigenvalue weighted by Crippen LogP contribution is 2.35. The zero-order valence-corrected chi connectivity index (χ0v) is 20.3. The lowest BCUT2D eigenvalue weighted by molar-refractivity contribution is 0.388. The SMILES string of the molecule is CS(=O)(=O)N1CCN(c2ccc(Nc3ncc4cnn([C@H]5CCc6ccccc65)c4n3)cc2)CC1. The van der Waals surface area contributed by atoms with Crippen LogP contribution in [-0.4, -0.2) is 64.9 Å². The summed E-state index contributed by atoms with van der Waals surface area (Å²) in [6.07, 6.45) is 6.97. The summed E-state index contributed by atoms with van der Waals surface area (Å²) in [5.41, 5.74) is 5.48. The molecule has 2 aromatic carbocycles. The van der Waals surface area contributed by atoms with Gasteiger partial charge in [-0.05, 0) is 48.2 Å². The number of nitrogens with one attached hydrogen (secondary N) is 1. The summed E-state index contributed by atoms with van der Waals surface area (Å²) in [5.74, 6) is 0.528. The fraction of sp³-hybridized carbons (Fsp3) is 0.320. The highest BCUT2D eigenvalue weighted by atomic mass is 32.2. The van der Waals surface area contributed by atoms with Gasteiger partial charge in [0.15, 0.2) is 5.65 Å². The quantitative estimate of drug-likeness (QED) is 0.460. The monoisotopic (exact) mass is 489 g/mol. The van der Waals surface area contributed by atoms with E-state index in [9.17, 15) is 8.42 Å². The molecule has 1 aliphatic carbocycles. The summed E-state index contributed by atoms with van der Waals surface area (Å²) < 4.78 is 27.0. The Morgan fingerprint density at radius 2 is 1.74 bits per heavy atom. The van der Waals surface area contributed by atoms with Crippen LogP contribution >= 0.6 is 0 Å². The summed E-state index contributed by atoms with van der Waals surface area (Å²) >= 11 is 0. The first-order chi connectivity index (χ1) is 17.0. The van der Waals surface area contributed by atoms with Crippen molar-refractivity contribution in [3.05, 3.63) is 72.1 Å². The second-order valence-corrected chi connectivity index (χ2v) is 11.1. The maximum Gasteiger partial charge on any atom is 0.229 e. The summed E-state index contributed by atoms with van der Waals surface area (Å²) in [7, 11) is -3.13. The third-order valence-electron chi connectivity index (χ3n) is 6.93. The molecule has 1 atom stereocenters. The molecule has 0 saturated carbocycles. The molecule has 35 heavy (non-hydrogen) atoms. The molecule has 2 aromatic heterocycles. The van der Waals surface area contributed by atoms with E-state index in [-0.39, 0.29) is 6.04 Å². The number of rotatable bonds is 5. The van der Waals surface area contributed by atoms with Crippen molar-refractivity contribution in [1.29, 1.82) is 0 Å². The van der Waals surface area contributed by atoms with Gasteiger partial charge in [0.25, 0.3) is 0 Å². The molecule has 3 heterocycles. The van der Waals surface area contributed by atoms with Gasteiger partial charge < -0.3 is 10.2 Å². The van der Waals surface area contributed by atoms with E-state index >= 15 is 0 Å². The number of piperazine rings is 1. The molecule has 1 N–H and O–H groups in total. The number of hydrogen-bond acceptors (Lipinski definition) is 7. The predicted molar refractivity (Wildman–Crippen MR) is 137 cm³/mol. The number of benzene rings is 2. The minimum Gasteiger partial charge on any atom is -0.369 e. The topological polar surface area (TPSA) is 96.3 Å². The van der Waals surface area contributed by atoms with Gasteiger partial charge in [-0.2, -0.15) is 14.4 Å². The molecule has 6 rings (SSSR count). The Morgan fingerprint density at radius 1 is 0.971 bits per heavy atom. The largest absolute Gasteiger partial charge is 0.369 e. The van der Waals surface area contributed by atoms with Crippen molar-refractivity contribution in [3.63, 3.8) is 0 Å². The molecule has 0 spiro atoms. The zero-order valence-electron chi connectivity index (χ0n) is 19.5. The highest BCUT2D eigenvalue weighted by molar-refractivity contribution is 7.88. The lowest BCUT2D eigenvalue weighted by Gasteiger charge is -2.34. The van der Waals surface area contributed by atoms with Crippen LogP contribution in [-0.2, 0) is 16.4 Å². The minimum atomic E-state index is -3.13. The van der Waals surface area contributed by atoms with Crippen molar-refractivity contribution < 1.29 is 8.42 Å². The molecule has 1 aliphatic heterocycles. The van der Waals surface area contributed by atoms with Gasteiger partial charge in [-0.1, -0.05) is 24.3 Å². The number of aromatic nitrogens is 4. The van der Waals surface area contributed by atoms with Crippen LogP contribution in [0.4, 0.5) is 17.3 Å². The van der Waals surface area contributed by atoms with Gasteiger partial charge in [-0.15, -0.1) is 0 Å². The van der Waals surface area contributed by atoms with E-state index in [2.05, 4.69) is 44.6 Å². The normalized spacial score (nSPS) is 18.7. The van der Waals surface area contributed by atoms with E-state index in [1.54, 1.807) is 0 Å². The van der Waals surface area contributed by atoms with E-state index < -0.39 is 10.0 Å². The molecule has 0 unspecified atom stereocenters. The van der Waals surface area contributed by atoms with Crippen molar-refractivity contribution in [3.8, 4) is 0 Å². The van der Waals surface area contributed by atoms with Crippen LogP contribution < -0.4 is 10.2 Å². The van der Waals surface area contributed by atoms with Crippen LogP contribution in [0.15, 0.2) is 60.9 Å². The number of nitrogens with zero attached hydrogens (tertiary/aromatic N) is 6. The fourth-order valence-corrected chi connectivity index (χ4v) is 5.90. The lowest BCUT2D eigenvalue weighted by atomic mass is 10.1. The first kappa shape index (κ1) is 22.0. The maximum atomic E-state index is 11.7. The molecule has 10 heteroatoms. The first-order valence-electron chi connectivity index (χ1n) is 11.8. The average molecular weight is 490 g/mol. The van der Waals surface area contributed by atoms with Gasteiger partial charge in [0, 0.05) is 43.8 Å². The molecule has 0 bridgehead atoms. The molecule has 0 radical (unpaired) electrons. The van der Waals surface area contributed by atoms with Crippen LogP contribution in [0, 0.1) is 0 Å². The number of aryl methyl sites for hydroxylation is 1. The minimum absolute atomic E-state index is 0.189. The van der Waals surface area contributed by atoms with Crippen molar-refractivity contribution >= 4 is 38.4 Å². The molecule has 2 aliphatic rings. The number of hydrogen-bond donors (Lipinski definition) is 1. The molecule has 4 aromatic rings. The first-order valence-corrected chi connectivity index (χ1v) is 13.7. The molecule has 1 saturated heterocycles. The Hall–Kier alpha value is -3.50. The molecular formula is C25H27N7O2S. The van der Waals surface area contributed by atoms with E-state index in [1.165, 1.54) is 21.7 Å². The Morgan fingerprint density at radius 3 is 2.51 bits per heavy atom. The fourth-order valence-electron chi connectivity index (χ4n) is 5.08. The summed E-state index contributed by atoms with van der Waals surface area (Å²) in [6.45, 7) is 2.36. The van der Waals surface area contributed by atoms with E-state index in [0.717, 1.165) is 35.2 Å². The van der Waals surface area contributed by atoms with Crippen LogP contribution in [0.2, 0.25) is 0 Å². The molecule has 9 nitrogen and oxygen atoms in total. The van der Waals surface area contributed by atoms with Crippen molar-refractivity contribution in [1.82, 2.24) is 24.1 Å². The maximum absolute atomic E-state index is 11.7. The van der Waals surface area contributed by atoms with Crippen LogP contribution in [0.25, 0.3) is 11.0 Å². The Labute approximate surface area is 204 Å². The second-order valence-electron chi connectivity index (χ2n) is 9.14. The zero-order chi connectivity index (χ0) is 24.0. The molecule has 1 fully saturated rings. The third kappa shape index (κ3) is 4.23. The van der Waals surface area contributed by atoms with Crippen LogP contribution in [0.3, 0.4) is 0 Å². The molecular weight excluding hydrogens is 462 g/mol. The molecule has 0 amide bonds. The van der Waals surface area contributed by atoms with Gasteiger partial charge in [-0.25, -0.2) is 18.1 Å². The van der Waals surface area contributed by atoms with Gasteiger partial charge in [0.2, 0.25) is 16.0 Å². The summed E-state index contributed by atoms with van der Waals surface area (Å²) in [5, 5.41) is 8.88. The number of fused-ring (bicyclic) bond motifs is 2. The van der Waals surface area contributed by atoms with Crippen LogP contribution in [0.1, 0.15) is 23.6 Å². The Kier molecular flexibility index (Phi) is 5.42. The standard InChI is InChI=1S/C25H27N7O2S/c1-35(33,34)31-14-12-30(13-15-31)21-9-7-20(8-10-21)28-25-26-16-19-17-27-32(24(19)29-25)23-11-6-18-4-2-3-5-22(18)23/h2-5,7-10,16-17,23H,6,11-15H2,1H3,(H,26,28,29)/t23-/m0/s1. The predicted octanol–water partition coefficient (Wildman–Crippen LogP) is 3.19. The van der Waals surface area contributed by atoms with Crippen molar-refractivity contribution in [2.75, 3.05) is 42.7 Å². The van der Waals surface area contributed by atoms with Gasteiger partial charge in [-0.3, -0.25) is 0 Å². The smallest absolute Gasteiger partial charge is 0.229 e. The summed E-state index contributed by atoms with van der Waals surface area (Å²) in [4.78, 5) is 11.5. The number of sulfonamides is 1. The van der Waals surface area contributed by atoms with Gasteiger partial charge in [0.1, 0.15) is 0 Å². The average Bonchev–Trinajstić information content (AvgIpc) is 3.48.